The summed E-state index contributed by atoms with van der Waals surface area (Å²) in [6.07, 6.45) is -0.622. The van der Waals surface area contributed by atoms with Crippen molar-refractivity contribution in [2.45, 2.75) is 13.0 Å². The fourth-order valence-electron chi connectivity index (χ4n) is 1.21. The first-order valence-electron chi connectivity index (χ1n) is 4.40. The summed E-state index contributed by atoms with van der Waals surface area (Å²) in [5, 5.41) is 10.5. The predicted octanol–water partition coefficient (Wildman–Crippen LogP) is 2.73. The van der Waals surface area contributed by atoms with Gasteiger partial charge in [0, 0.05) is 15.1 Å². The molecular weight excluding hydrogens is 265 g/mol. The molecule has 0 heterocycles. The van der Waals surface area contributed by atoms with Gasteiger partial charge in [-0.2, -0.15) is 0 Å². The summed E-state index contributed by atoms with van der Waals surface area (Å²) in [5.41, 5.74) is 6.21. The van der Waals surface area contributed by atoms with Crippen molar-refractivity contribution in [3.05, 3.63) is 33.3 Å². The van der Waals surface area contributed by atoms with E-state index >= 15 is 0 Å². The minimum Gasteiger partial charge on any atom is -0.388 e. The van der Waals surface area contributed by atoms with Gasteiger partial charge < -0.3 is 10.8 Å². The molecule has 0 amide bonds. The summed E-state index contributed by atoms with van der Waals surface area (Å²) in [5.74, 6) is -0.00815. The number of aliphatic hydroxyl groups is 1. The topological polar surface area (TPSA) is 46.2 Å². The van der Waals surface area contributed by atoms with Crippen LogP contribution in [-0.4, -0.2) is 11.7 Å². The number of halogens is 2. The van der Waals surface area contributed by atoms with Gasteiger partial charge in [0.25, 0.3) is 0 Å². The van der Waals surface area contributed by atoms with Crippen LogP contribution in [0.5, 0.6) is 0 Å². The Balaban J connectivity index is 3.05. The van der Waals surface area contributed by atoms with Crippen molar-refractivity contribution in [3.8, 4) is 0 Å². The zero-order valence-electron chi connectivity index (χ0n) is 7.87. The third-order valence-corrected chi connectivity index (χ3v) is 3.23. The molecule has 0 saturated carbocycles. The van der Waals surface area contributed by atoms with Gasteiger partial charge in [0.1, 0.15) is 0 Å². The Morgan fingerprint density at radius 1 is 1.57 bits per heavy atom. The van der Waals surface area contributed by atoms with E-state index in [9.17, 15) is 5.11 Å². The van der Waals surface area contributed by atoms with Crippen LogP contribution in [0, 0.1) is 5.92 Å². The molecule has 0 aliphatic heterocycles. The molecule has 0 aliphatic rings. The molecule has 0 spiro atoms. The first-order valence-corrected chi connectivity index (χ1v) is 5.57. The number of rotatable bonds is 3. The molecule has 2 nitrogen and oxygen atoms in total. The van der Waals surface area contributed by atoms with Crippen molar-refractivity contribution < 1.29 is 5.11 Å². The average molecular weight is 279 g/mol. The Bertz CT molecular complexity index is 299. The van der Waals surface area contributed by atoms with E-state index < -0.39 is 6.10 Å². The van der Waals surface area contributed by atoms with Crippen molar-refractivity contribution >= 4 is 27.5 Å². The highest BCUT2D eigenvalue weighted by Crippen LogP contribution is 2.33. The summed E-state index contributed by atoms with van der Waals surface area (Å²) in [4.78, 5) is 0. The van der Waals surface area contributed by atoms with Crippen molar-refractivity contribution in [2.24, 2.45) is 11.7 Å². The Morgan fingerprint density at radius 3 is 2.71 bits per heavy atom. The van der Waals surface area contributed by atoms with Crippen LogP contribution in [0.25, 0.3) is 0 Å². The largest absolute Gasteiger partial charge is 0.388 e. The SMILES string of the molecule is CC(CN)C(O)c1c(Cl)cccc1Br. The molecule has 3 N–H and O–H groups in total. The maximum atomic E-state index is 9.96. The van der Waals surface area contributed by atoms with Gasteiger partial charge in [0.2, 0.25) is 0 Å². The number of benzene rings is 1. The van der Waals surface area contributed by atoms with Gasteiger partial charge in [0.15, 0.2) is 0 Å². The molecule has 0 saturated heterocycles. The van der Waals surface area contributed by atoms with Crippen LogP contribution in [0.4, 0.5) is 0 Å². The summed E-state index contributed by atoms with van der Waals surface area (Å²) in [7, 11) is 0. The van der Waals surface area contributed by atoms with Gasteiger partial charge >= 0.3 is 0 Å². The van der Waals surface area contributed by atoms with Gasteiger partial charge in [-0.15, -0.1) is 0 Å². The van der Waals surface area contributed by atoms with Crippen molar-refractivity contribution in [2.75, 3.05) is 6.54 Å². The summed E-state index contributed by atoms with van der Waals surface area (Å²) < 4.78 is 0.817. The quantitative estimate of drug-likeness (QED) is 0.893. The molecule has 1 rings (SSSR count). The van der Waals surface area contributed by atoms with Gasteiger partial charge in [0.05, 0.1) is 6.10 Å². The molecule has 1 aromatic rings. The van der Waals surface area contributed by atoms with Crippen molar-refractivity contribution in [1.82, 2.24) is 0 Å². The Hall–Kier alpha value is -0.0900. The van der Waals surface area contributed by atoms with E-state index in [1.165, 1.54) is 0 Å². The molecule has 0 fully saturated rings. The Morgan fingerprint density at radius 2 is 2.21 bits per heavy atom. The number of aliphatic hydroxyl groups excluding tert-OH is 1. The van der Waals surface area contributed by atoms with E-state index in [1.807, 2.05) is 19.1 Å². The zero-order valence-corrected chi connectivity index (χ0v) is 10.2. The standard InChI is InChI=1S/C10H13BrClNO/c1-6(5-13)10(14)9-7(11)3-2-4-8(9)12/h2-4,6,10,14H,5,13H2,1H3. The molecule has 0 bridgehead atoms. The van der Waals surface area contributed by atoms with E-state index in [0.29, 0.717) is 17.1 Å². The first-order chi connectivity index (χ1) is 6.57. The normalized spacial score (nSPS) is 15.2. The van der Waals surface area contributed by atoms with Crippen LogP contribution >= 0.6 is 27.5 Å². The van der Waals surface area contributed by atoms with Crippen LogP contribution in [-0.2, 0) is 0 Å². The summed E-state index contributed by atoms with van der Waals surface area (Å²) in [6.45, 7) is 2.32. The highest BCUT2D eigenvalue weighted by atomic mass is 79.9. The second-order valence-corrected chi connectivity index (χ2v) is 4.55. The van der Waals surface area contributed by atoms with Gasteiger partial charge in [-0.3, -0.25) is 0 Å². The van der Waals surface area contributed by atoms with E-state index in [1.54, 1.807) is 6.07 Å². The maximum Gasteiger partial charge on any atom is 0.0853 e. The lowest BCUT2D eigenvalue weighted by Gasteiger charge is -2.19. The van der Waals surface area contributed by atoms with Crippen LogP contribution in [0.1, 0.15) is 18.6 Å². The number of hydrogen-bond acceptors (Lipinski definition) is 2. The highest BCUT2D eigenvalue weighted by molar-refractivity contribution is 9.10. The predicted molar refractivity (Wildman–Crippen MR) is 62.3 cm³/mol. The van der Waals surface area contributed by atoms with Crippen molar-refractivity contribution in [1.29, 1.82) is 0 Å². The van der Waals surface area contributed by atoms with Crippen LogP contribution < -0.4 is 5.73 Å². The summed E-state index contributed by atoms with van der Waals surface area (Å²) in [6, 6.07) is 5.44. The fraction of sp³-hybridized carbons (Fsp3) is 0.400. The molecular formula is C10H13BrClNO. The molecule has 0 radical (unpaired) electrons. The van der Waals surface area contributed by atoms with E-state index in [4.69, 9.17) is 17.3 Å². The number of nitrogens with two attached hydrogens (primary N) is 1. The average Bonchev–Trinajstić information content (AvgIpc) is 2.16. The lowest BCUT2D eigenvalue weighted by molar-refractivity contribution is 0.121. The second-order valence-electron chi connectivity index (χ2n) is 3.29. The van der Waals surface area contributed by atoms with Crippen LogP contribution in [0.15, 0.2) is 22.7 Å². The second kappa shape index (κ2) is 5.12. The lowest BCUT2D eigenvalue weighted by atomic mass is 9.98. The molecule has 0 aromatic heterocycles. The van der Waals surface area contributed by atoms with E-state index in [-0.39, 0.29) is 5.92 Å². The lowest BCUT2D eigenvalue weighted by Crippen LogP contribution is -2.19. The third kappa shape index (κ3) is 2.48. The molecule has 1 aromatic carbocycles. The van der Waals surface area contributed by atoms with E-state index in [2.05, 4.69) is 15.9 Å². The molecule has 14 heavy (non-hydrogen) atoms. The fourth-order valence-corrected chi connectivity index (χ4v) is 2.21. The first kappa shape index (κ1) is 12.0. The van der Waals surface area contributed by atoms with E-state index in [0.717, 1.165) is 4.47 Å². The van der Waals surface area contributed by atoms with Gasteiger partial charge in [-0.25, -0.2) is 0 Å². The van der Waals surface area contributed by atoms with Crippen LogP contribution in [0.3, 0.4) is 0 Å². The van der Waals surface area contributed by atoms with Gasteiger partial charge in [-0.05, 0) is 24.6 Å². The minimum absolute atomic E-state index is 0.00815. The smallest absolute Gasteiger partial charge is 0.0853 e. The number of hydrogen-bond donors (Lipinski definition) is 2. The molecule has 2 atom stereocenters. The van der Waals surface area contributed by atoms with Gasteiger partial charge in [-0.1, -0.05) is 40.5 Å². The monoisotopic (exact) mass is 277 g/mol. The maximum absolute atomic E-state index is 9.96. The summed E-state index contributed by atoms with van der Waals surface area (Å²) >= 11 is 9.35. The highest BCUT2D eigenvalue weighted by Gasteiger charge is 2.19. The molecule has 0 aliphatic carbocycles. The Labute approximate surface area is 97.2 Å². The van der Waals surface area contributed by atoms with Crippen LogP contribution in [0.2, 0.25) is 5.02 Å². The molecule has 4 heteroatoms. The third-order valence-electron chi connectivity index (χ3n) is 2.21. The van der Waals surface area contributed by atoms with Crippen molar-refractivity contribution in [3.63, 3.8) is 0 Å². The molecule has 78 valence electrons. The Kier molecular flexibility index (Phi) is 4.38. The zero-order chi connectivity index (χ0) is 10.7. The minimum atomic E-state index is -0.622. The molecule has 2 unspecified atom stereocenters.